The first-order chi connectivity index (χ1) is 33.5. The Hall–Kier alpha value is -6.27. The lowest BCUT2D eigenvalue weighted by atomic mass is 9.74. The van der Waals surface area contributed by atoms with E-state index in [9.17, 15) is 29.1 Å². The molecule has 11 heteroatoms. The van der Waals surface area contributed by atoms with Gasteiger partial charge in [0.1, 0.15) is 24.2 Å². The Morgan fingerprint density at radius 3 is 1.38 bits per heavy atom. The van der Waals surface area contributed by atoms with Gasteiger partial charge in [-0.3, -0.25) is 33.8 Å². The van der Waals surface area contributed by atoms with E-state index in [2.05, 4.69) is 29.2 Å². The number of ketones is 2. The van der Waals surface area contributed by atoms with Crippen LogP contribution >= 0.6 is 0 Å². The summed E-state index contributed by atoms with van der Waals surface area (Å²) in [5, 5.41) is 12.0. The van der Waals surface area contributed by atoms with E-state index in [0.29, 0.717) is 70.5 Å². The molecule has 11 nitrogen and oxygen atoms in total. The number of aliphatic hydroxyl groups is 1. The maximum atomic E-state index is 13.4. The van der Waals surface area contributed by atoms with Crippen molar-refractivity contribution in [1.29, 1.82) is 0 Å². The van der Waals surface area contributed by atoms with Crippen molar-refractivity contribution in [2.45, 2.75) is 117 Å². The fraction of sp³-hybridized carbons (Fsp3) is 0.397. The molecule has 69 heavy (non-hydrogen) atoms. The zero-order valence-electron chi connectivity index (χ0n) is 40.6. The molecule has 2 fully saturated rings. The summed E-state index contributed by atoms with van der Waals surface area (Å²) in [4.78, 5) is 63.6. The molecule has 0 bridgehead atoms. The smallest absolute Gasteiger partial charge is 0.326 e. The molecule has 0 saturated heterocycles. The number of hydrogen-bond donors (Lipinski definition) is 1. The van der Waals surface area contributed by atoms with E-state index in [1.807, 2.05) is 139 Å². The maximum absolute atomic E-state index is 13.4. The predicted molar refractivity (Wildman–Crippen MR) is 267 cm³/mol. The Balaban J connectivity index is 0.000000237. The van der Waals surface area contributed by atoms with Crippen LogP contribution in [0.4, 0.5) is 0 Å². The standard InChI is InChI=1S/C32H37NO5.C18H21NO2.C8H12O2/c1-2-37-31(35)29(33(22-25-12-6-3-7-13-25)23-26-14-8-4-9-15-26)32(36)20-18-28(19-21-32)30(34)38-24-27-16-10-5-11-17-27;1-2-21-18(20)15-19(13-16-9-5-3-6-10-16)14-17-11-7-4-8-12-17;1-6(9)7-2-4-8(10)5-3-7/h3-17,28-29,36H,2,18-24H2,1H3;3-12H,2,13-15H2,1H3;7H,2-5H2,1H3. The molecule has 0 amide bonds. The summed E-state index contributed by atoms with van der Waals surface area (Å²) >= 11 is 0. The van der Waals surface area contributed by atoms with Crippen molar-refractivity contribution >= 4 is 29.5 Å². The van der Waals surface area contributed by atoms with E-state index >= 15 is 0 Å². The highest BCUT2D eigenvalue weighted by Gasteiger charge is 2.49. The van der Waals surface area contributed by atoms with Crippen molar-refractivity contribution in [2.75, 3.05) is 19.8 Å². The summed E-state index contributed by atoms with van der Waals surface area (Å²) in [5.74, 6) is -0.438. The normalized spacial score (nSPS) is 17.3. The van der Waals surface area contributed by atoms with E-state index < -0.39 is 17.6 Å². The van der Waals surface area contributed by atoms with Crippen molar-refractivity contribution in [2.24, 2.45) is 11.8 Å². The minimum absolute atomic E-state index is 0.177. The molecule has 0 aromatic heterocycles. The lowest BCUT2D eigenvalue weighted by molar-refractivity contribution is -0.169. The van der Waals surface area contributed by atoms with Crippen LogP contribution in [0, 0.1) is 11.8 Å². The SMILES string of the molecule is CC(=O)C1CCC(=O)CC1.CCOC(=O)C(N(Cc1ccccc1)Cc1ccccc1)C1(O)CCC(C(=O)OCc2ccccc2)CC1.CCOC(=O)CN(Cc1ccccc1)Cc1ccccc1. The average Bonchev–Trinajstić information content (AvgIpc) is 3.36. The van der Waals surface area contributed by atoms with Gasteiger partial charge in [0, 0.05) is 44.9 Å². The first kappa shape index (κ1) is 53.7. The molecular formula is C58H70N2O9. The van der Waals surface area contributed by atoms with Crippen LogP contribution in [0.3, 0.4) is 0 Å². The second kappa shape index (κ2) is 28.9. The van der Waals surface area contributed by atoms with Gasteiger partial charge in [-0.15, -0.1) is 0 Å². The third-order valence-electron chi connectivity index (χ3n) is 12.5. The van der Waals surface area contributed by atoms with E-state index in [0.717, 1.165) is 42.6 Å². The Kier molecular flexibility index (Phi) is 22.5. The summed E-state index contributed by atoms with van der Waals surface area (Å²) in [6, 6.07) is 48.9. The van der Waals surface area contributed by atoms with Gasteiger partial charge in [0.25, 0.3) is 0 Å². The van der Waals surface area contributed by atoms with E-state index in [4.69, 9.17) is 14.2 Å². The molecule has 1 unspecified atom stereocenters. The quantitative estimate of drug-likeness (QED) is 0.0625. The summed E-state index contributed by atoms with van der Waals surface area (Å²) in [5.41, 5.74) is 4.08. The Morgan fingerprint density at radius 1 is 0.565 bits per heavy atom. The molecule has 2 aliphatic rings. The highest BCUT2D eigenvalue weighted by molar-refractivity contribution is 5.84. The molecule has 7 rings (SSSR count). The lowest BCUT2D eigenvalue weighted by Gasteiger charge is -2.44. The number of hydrogen-bond acceptors (Lipinski definition) is 11. The van der Waals surface area contributed by atoms with Gasteiger partial charge in [-0.2, -0.15) is 0 Å². The van der Waals surface area contributed by atoms with Crippen LogP contribution < -0.4 is 0 Å². The van der Waals surface area contributed by atoms with Crippen LogP contribution in [0.5, 0.6) is 0 Å². The number of rotatable bonds is 19. The maximum Gasteiger partial charge on any atom is 0.326 e. The minimum Gasteiger partial charge on any atom is -0.465 e. The molecule has 5 aromatic carbocycles. The van der Waals surface area contributed by atoms with Gasteiger partial charge >= 0.3 is 17.9 Å². The number of nitrogens with zero attached hydrogens (tertiary/aromatic N) is 2. The van der Waals surface area contributed by atoms with E-state index in [1.165, 1.54) is 11.1 Å². The Labute approximate surface area is 408 Å². The molecule has 1 atom stereocenters. The molecule has 0 spiro atoms. The molecule has 0 heterocycles. The summed E-state index contributed by atoms with van der Waals surface area (Å²) < 4.78 is 16.1. The molecule has 0 radical (unpaired) electrons. The van der Waals surface area contributed by atoms with Gasteiger partial charge in [-0.1, -0.05) is 152 Å². The first-order valence-electron chi connectivity index (χ1n) is 24.4. The summed E-state index contributed by atoms with van der Waals surface area (Å²) in [6.45, 7) is 8.81. The van der Waals surface area contributed by atoms with Crippen LogP contribution in [-0.4, -0.2) is 75.8 Å². The van der Waals surface area contributed by atoms with Crippen LogP contribution in [0.2, 0.25) is 0 Å². The number of benzene rings is 5. The van der Waals surface area contributed by atoms with Gasteiger partial charge in [0.05, 0.1) is 31.3 Å². The molecule has 2 aliphatic carbocycles. The Morgan fingerprint density at radius 2 is 0.971 bits per heavy atom. The van der Waals surface area contributed by atoms with Crippen LogP contribution in [0.25, 0.3) is 0 Å². The average molecular weight is 939 g/mol. The summed E-state index contributed by atoms with van der Waals surface area (Å²) in [7, 11) is 0. The second-order valence-corrected chi connectivity index (χ2v) is 17.8. The van der Waals surface area contributed by atoms with Crippen molar-refractivity contribution in [3.8, 4) is 0 Å². The number of esters is 3. The van der Waals surface area contributed by atoms with Crippen molar-refractivity contribution < 1.29 is 43.3 Å². The Bertz CT molecular complexity index is 2190. The highest BCUT2D eigenvalue weighted by Crippen LogP contribution is 2.38. The van der Waals surface area contributed by atoms with Gasteiger partial charge in [-0.25, -0.2) is 0 Å². The fourth-order valence-corrected chi connectivity index (χ4v) is 8.86. The number of carbonyl (C=O) groups excluding carboxylic acids is 5. The largest absolute Gasteiger partial charge is 0.465 e. The minimum atomic E-state index is -1.33. The van der Waals surface area contributed by atoms with Crippen molar-refractivity contribution in [3.63, 3.8) is 0 Å². The number of Topliss-reactive ketones (excluding diaryl/α,β-unsaturated/α-hetero) is 2. The van der Waals surface area contributed by atoms with E-state index in [-0.39, 0.29) is 42.8 Å². The molecular weight excluding hydrogens is 869 g/mol. The topological polar surface area (TPSA) is 140 Å². The van der Waals surface area contributed by atoms with Crippen LogP contribution in [0.1, 0.15) is 100.0 Å². The predicted octanol–water partition coefficient (Wildman–Crippen LogP) is 9.87. The van der Waals surface area contributed by atoms with Crippen LogP contribution in [0.15, 0.2) is 152 Å². The third kappa shape index (κ3) is 18.6. The van der Waals surface area contributed by atoms with Gasteiger partial charge in [0.2, 0.25) is 0 Å². The fourth-order valence-electron chi connectivity index (χ4n) is 8.86. The monoisotopic (exact) mass is 939 g/mol. The van der Waals surface area contributed by atoms with Crippen molar-refractivity contribution in [1.82, 2.24) is 9.80 Å². The molecule has 1 N–H and O–H groups in total. The van der Waals surface area contributed by atoms with Crippen molar-refractivity contribution in [3.05, 3.63) is 179 Å². The zero-order chi connectivity index (χ0) is 49.3. The molecule has 366 valence electrons. The van der Waals surface area contributed by atoms with Crippen LogP contribution in [-0.2, 0) is 71.0 Å². The number of carbonyl (C=O) groups is 5. The molecule has 0 aliphatic heterocycles. The lowest BCUT2D eigenvalue weighted by Crippen LogP contribution is -2.58. The first-order valence-corrected chi connectivity index (χ1v) is 24.4. The zero-order valence-corrected chi connectivity index (χ0v) is 40.6. The number of ether oxygens (including phenoxy) is 3. The molecule has 5 aromatic rings. The van der Waals surface area contributed by atoms with Gasteiger partial charge in [-0.05, 0) is 87.1 Å². The third-order valence-corrected chi connectivity index (χ3v) is 12.5. The highest BCUT2D eigenvalue weighted by atomic mass is 16.5. The van der Waals surface area contributed by atoms with Gasteiger partial charge in [0.15, 0.2) is 0 Å². The molecule has 2 saturated carbocycles. The second-order valence-electron chi connectivity index (χ2n) is 17.8. The van der Waals surface area contributed by atoms with E-state index in [1.54, 1.807) is 13.8 Å². The van der Waals surface area contributed by atoms with Gasteiger partial charge < -0.3 is 19.3 Å². The summed E-state index contributed by atoms with van der Waals surface area (Å²) in [6.07, 6.45) is 4.31.